The van der Waals surface area contributed by atoms with Crippen molar-refractivity contribution < 1.29 is 9.53 Å². The van der Waals surface area contributed by atoms with E-state index in [0.717, 1.165) is 4.88 Å². The lowest BCUT2D eigenvalue weighted by atomic mass is 9.93. The molecule has 4 nitrogen and oxygen atoms in total. The van der Waals surface area contributed by atoms with Crippen LogP contribution in [-0.4, -0.2) is 30.9 Å². The summed E-state index contributed by atoms with van der Waals surface area (Å²) in [6.07, 6.45) is 0. The number of benzene rings is 1. The van der Waals surface area contributed by atoms with Gasteiger partial charge in [0.05, 0.1) is 0 Å². The third kappa shape index (κ3) is 5.82. The largest absolute Gasteiger partial charge is 0.488 e. The Morgan fingerprint density at radius 1 is 1.29 bits per heavy atom. The highest BCUT2D eigenvalue weighted by Crippen LogP contribution is 2.20. The molecule has 0 fully saturated rings. The zero-order valence-electron chi connectivity index (χ0n) is 14.3. The second-order valence-electron chi connectivity index (χ2n) is 6.43. The van der Waals surface area contributed by atoms with E-state index in [1.807, 2.05) is 35.7 Å². The Morgan fingerprint density at radius 2 is 2.04 bits per heavy atom. The van der Waals surface area contributed by atoms with Gasteiger partial charge in [-0.05, 0) is 41.6 Å². The first-order valence-corrected chi connectivity index (χ1v) is 8.50. The summed E-state index contributed by atoms with van der Waals surface area (Å²) in [5, 5.41) is 2.02. The van der Waals surface area contributed by atoms with Gasteiger partial charge in [0, 0.05) is 24.0 Å². The maximum absolute atomic E-state index is 12.6. The topological polar surface area (TPSA) is 55.6 Å². The summed E-state index contributed by atoms with van der Waals surface area (Å²) in [5.41, 5.74) is 6.28. The maximum atomic E-state index is 12.6. The van der Waals surface area contributed by atoms with Crippen LogP contribution in [-0.2, 0) is 6.61 Å². The SMILES string of the molecule is CN(CC(C)(C)CN)C(=O)c1cccc(OCc2cccs2)c1.Cl. The molecule has 2 rings (SSSR count). The highest BCUT2D eigenvalue weighted by molar-refractivity contribution is 7.09. The van der Waals surface area contributed by atoms with Gasteiger partial charge in [0.2, 0.25) is 0 Å². The van der Waals surface area contributed by atoms with Crippen LogP contribution in [0.25, 0.3) is 0 Å². The summed E-state index contributed by atoms with van der Waals surface area (Å²) in [5.74, 6) is 0.684. The van der Waals surface area contributed by atoms with E-state index in [-0.39, 0.29) is 23.7 Å². The van der Waals surface area contributed by atoms with Gasteiger partial charge in [-0.3, -0.25) is 4.79 Å². The molecular formula is C18H25ClN2O2S. The molecule has 24 heavy (non-hydrogen) atoms. The molecule has 1 aromatic heterocycles. The van der Waals surface area contributed by atoms with Gasteiger partial charge in [-0.15, -0.1) is 23.7 Å². The number of carbonyl (C=O) groups is 1. The van der Waals surface area contributed by atoms with Crippen LogP contribution in [0.15, 0.2) is 41.8 Å². The van der Waals surface area contributed by atoms with E-state index >= 15 is 0 Å². The minimum Gasteiger partial charge on any atom is -0.488 e. The van der Waals surface area contributed by atoms with Crippen LogP contribution in [0.1, 0.15) is 29.1 Å². The van der Waals surface area contributed by atoms with Crippen LogP contribution in [0.5, 0.6) is 5.75 Å². The van der Waals surface area contributed by atoms with Crippen molar-refractivity contribution in [3.05, 3.63) is 52.2 Å². The van der Waals surface area contributed by atoms with Crippen molar-refractivity contribution in [2.24, 2.45) is 11.1 Å². The highest BCUT2D eigenvalue weighted by atomic mass is 35.5. The summed E-state index contributed by atoms with van der Waals surface area (Å²) in [6.45, 7) is 5.78. The fourth-order valence-electron chi connectivity index (χ4n) is 2.27. The summed E-state index contributed by atoms with van der Waals surface area (Å²) in [7, 11) is 1.80. The number of nitrogens with two attached hydrogens (primary N) is 1. The molecule has 0 aliphatic rings. The number of hydrogen-bond donors (Lipinski definition) is 1. The van der Waals surface area contributed by atoms with Gasteiger partial charge in [0.25, 0.3) is 5.91 Å². The van der Waals surface area contributed by atoms with Crippen LogP contribution in [0, 0.1) is 5.41 Å². The van der Waals surface area contributed by atoms with Crippen molar-refractivity contribution in [3.8, 4) is 5.75 Å². The molecule has 0 aliphatic carbocycles. The number of rotatable bonds is 7. The number of hydrogen-bond acceptors (Lipinski definition) is 4. The van der Waals surface area contributed by atoms with Gasteiger partial charge in [-0.1, -0.05) is 26.0 Å². The number of ether oxygens (including phenoxy) is 1. The molecule has 2 aromatic rings. The summed E-state index contributed by atoms with van der Waals surface area (Å²) >= 11 is 1.65. The Hall–Kier alpha value is -1.56. The number of thiophene rings is 1. The Balaban J connectivity index is 0.00000288. The minimum atomic E-state index is -0.0995. The average Bonchev–Trinajstić information content (AvgIpc) is 3.05. The van der Waals surface area contributed by atoms with Crippen LogP contribution in [0.4, 0.5) is 0 Å². The normalized spacial score (nSPS) is 10.8. The molecule has 0 unspecified atom stereocenters. The minimum absolute atomic E-state index is 0. The molecule has 0 atom stereocenters. The molecule has 6 heteroatoms. The maximum Gasteiger partial charge on any atom is 0.253 e. The van der Waals surface area contributed by atoms with Crippen LogP contribution in [0.3, 0.4) is 0 Å². The Kier molecular flexibility index (Phi) is 7.73. The van der Waals surface area contributed by atoms with Crippen molar-refractivity contribution in [2.45, 2.75) is 20.5 Å². The zero-order valence-corrected chi connectivity index (χ0v) is 16.0. The predicted octanol–water partition coefficient (Wildman–Crippen LogP) is 3.81. The molecule has 0 saturated carbocycles. The average molecular weight is 369 g/mol. The lowest BCUT2D eigenvalue weighted by molar-refractivity contribution is 0.0740. The molecule has 0 bridgehead atoms. The quantitative estimate of drug-likeness (QED) is 0.808. The molecule has 132 valence electrons. The first-order chi connectivity index (χ1) is 10.9. The number of nitrogens with zero attached hydrogens (tertiary/aromatic N) is 1. The highest BCUT2D eigenvalue weighted by Gasteiger charge is 2.22. The second-order valence-corrected chi connectivity index (χ2v) is 7.46. The van der Waals surface area contributed by atoms with Gasteiger partial charge < -0.3 is 15.4 Å². The fraction of sp³-hybridized carbons (Fsp3) is 0.389. The van der Waals surface area contributed by atoms with E-state index in [9.17, 15) is 4.79 Å². The van der Waals surface area contributed by atoms with Crippen molar-refractivity contribution >= 4 is 29.7 Å². The van der Waals surface area contributed by atoms with E-state index in [0.29, 0.717) is 31.0 Å². The molecular weight excluding hydrogens is 344 g/mol. The molecule has 1 heterocycles. The molecule has 0 radical (unpaired) electrons. The van der Waals surface area contributed by atoms with Gasteiger partial charge in [-0.2, -0.15) is 0 Å². The number of amides is 1. The van der Waals surface area contributed by atoms with E-state index < -0.39 is 0 Å². The zero-order chi connectivity index (χ0) is 16.9. The first kappa shape index (κ1) is 20.5. The van der Waals surface area contributed by atoms with Crippen molar-refractivity contribution in [1.29, 1.82) is 0 Å². The van der Waals surface area contributed by atoms with Crippen molar-refractivity contribution in [2.75, 3.05) is 20.1 Å². The van der Waals surface area contributed by atoms with E-state index in [2.05, 4.69) is 13.8 Å². The smallest absolute Gasteiger partial charge is 0.253 e. The van der Waals surface area contributed by atoms with E-state index in [4.69, 9.17) is 10.5 Å². The summed E-state index contributed by atoms with van der Waals surface area (Å²) in [6, 6.07) is 11.3. The van der Waals surface area contributed by atoms with Crippen LogP contribution >= 0.6 is 23.7 Å². The first-order valence-electron chi connectivity index (χ1n) is 7.62. The predicted molar refractivity (Wildman–Crippen MR) is 102 cm³/mol. The molecule has 1 aromatic carbocycles. The van der Waals surface area contributed by atoms with Gasteiger partial charge in [0.1, 0.15) is 12.4 Å². The van der Waals surface area contributed by atoms with E-state index in [1.165, 1.54) is 0 Å². The third-order valence-electron chi connectivity index (χ3n) is 3.61. The Bertz CT molecular complexity index is 644. The second kappa shape index (κ2) is 9.06. The molecule has 0 aliphatic heterocycles. The molecule has 0 spiro atoms. The standard InChI is InChI=1S/C18H24N2O2S.ClH/c1-18(2,12-19)13-20(3)17(21)14-6-4-7-15(10-14)22-11-16-8-5-9-23-16;/h4-10H,11-13,19H2,1-3H3;1H. The lowest BCUT2D eigenvalue weighted by Crippen LogP contribution is -2.39. The Labute approximate surface area is 154 Å². The third-order valence-corrected chi connectivity index (χ3v) is 4.46. The Morgan fingerprint density at radius 3 is 2.67 bits per heavy atom. The van der Waals surface area contributed by atoms with Crippen molar-refractivity contribution in [3.63, 3.8) is 0 Å². The van der Waals surface area contributed by atoms with Crippen LogP contribution < -0.4 is 10.5 Å². The fourth-order valence-corrected chi connectivity index (χ4v) is 2.88. The summed E-state index contributed by atoms with van der Waals surface area (Å²) < 4.78 is 5.76. The summed E-state index contributed by atoms with van der Waals surface area (Å²) in [4.78, 5) is 15.4. The van der Waals surface area contributed by atoms with Crippen molar-refractivity contribution in [1.82, 2.24) is 4.90 Å². The van der Waals surface area contributed by atoms with Gasteiger partial charge in [0.15, 0.2) is 0 Å². The number of carbonyl (C=O) groups excluding carboxylic acids is 1. The molecule has 0 saturated heterocycles. The van der Waals surface area contributed by atoms with E-state index in [1.54, 1.807) is 29.4 Å². The van der Waals surface area contributed by atoms with Gasteiger partial charge in [-0.25, -0.2) is 0 Å². The van der Waals surface area contributed by atoms with Crippen LogP contribution in [0.2, 0.25) is 0 Å². The number of halogens is 1. The molecule has 2 N–H and O–H groups in total. The monoisotopic (exact) mass is 368 g/mol. The van der Waals surface area contributed by atoms with Gasteiger partial charge >= 0.3 is 0 Å². The lowest BCUT2D eigenvalue weighted by Gasteiger charge is -2.29. The molecule has 1 amide bonds.